The molecule has 0 spiro atoms. The Hall–Kier alpha value is -1.31. The van der Waals surface area contributed by atoms with Crippen molar-refractivity contribution in [2.24, 2.45) is 0 Å². The van der Waals surface area contributed by atoms with Crippen LogP contribution in [0.1, 0.15) is 23.1 Å². The topological polar surface area (TPSA) is 3.01 Å². The summed E-state index contributed by atoms with van der Waals surface area (Å²) < 4.78 is 13.4. The number of hydrogen-bond acceptors (Lipinski definition) is 1. The van der Waals surface area contributed by atoms with Gasteiger partial charge in [-0.05, 0) is 43.4 Å². The molecule has 1 fully saturated rings. The number of benzene rings is 1. The second-order valence-corrected chi connectivity index (χ2v) is 4.60. The van der Waals surface area contributed by atoms with Crippen LogP contribution in [0.5, 0.6) is 0 Å². The minimum atomic E-state index is -0.0754. The molecule has 86 valence electrons. The highest BCUT2D eigenvalue weighted by molar-refractivity contribution is 5.30. The van der Waals surface area contributed by atoms with E-state index in [2.05, 4.69) is 11.5 Å². The third kappa shape index (κ3) is 2.43. The van der Waals surface area contributed by atoms with Crippen molar-refractivity contribution in [1.82, 2.24) is 4.90 Å². The summed E-state index contributed by atoms with van der Waals surface area (Å²) in [5.74, 6) is -0.0754. The van der Waals surface area contributed by atoms with Crippen LogP contribution in [-0.4, -0.2) is 18.0 Å². The summed E-state index contributed by atoms with van der Waals surface area (Å²) in [6.07, 6.45) is 1.93. The van der Waals surface area contributed by atoms with E-state index in [1.54, 1.807) is 0 Å². The van der Waals surface area contributed by atoms with Crippen LogP contribution in [0, 0.1) is 19.7 Å². The Bertz CT molecular complexity index is 396. The molecule has 0 aliphatic carbocycles. The minimum Gasteiger partial charge on any atom is -0.372 e. The van der Waals surface area contributed by atoms with E-state index in [-0.39, 0.29) is 5.82 Å². The van der Waals surface area contributed by atoms with E-state index in [0.29, 0.717) is 0 Å². The molecule has 1 saturated heterocycles. The molecule has 2 heteroatoms. The summed E-state index contributed by atoms with van der Waals surface area (Å²) in [6, 6.07) is 3.88. The Morgan fingerprint density at radius 1 is 1.31 bits per heavy atom. The molecular weight excluding hydrogens is 201 g/mol. The van der Waals surface area contributed by atoms with Crippen LogP contribution < -0.4 is 0 Å². The Morgan fingerprint density at radius 3 is 2.38 bits per heavy atom. The first-order valence-corrected chi connectivity index (χ1v) is 5.76. The number of aryl methyl sites for hydroxylation is 3. The van der Waals surface area contributed by atoms with Gasteiger partial charge in [-0.2, -0.15) is 0 Å². The standard InChI is InChI=1S/C14H18FN/c1-10-8-13(9-11(2)14(10)15)5-4-12(3)16-6-7-16/h8-9H,3-7H2,1-2H3. The Balaban J connectivity index is 2.01. The van der Waals surface area contributed by atoms with E-state index in [0.717, 1.165) is 37.1 Å². The highest BCUT2D eigenvalue weighted by atomic mass is 19.1. The smallest absolute Gasteiger partial charge is 0.129 e. The number of nitrogens with zero attached hydrogens (tertiary/aromatic N) is 1. The molecule has 1 heterocycles. The second-order valence-electron chi connectivity index (χ2n) is 4.60. The maximum absolute atomic E-state index is 13.4. The van der Waals surface area contributed by atoms with E-state index in [4.69, 9.17) is 0 Å². The summed E-state index contributed by atoms with van der Waals surface area (Å²) in [7, 11) is 0. The third-order valence-corrected chi connectivity index (χ3v) is 3.09. The molecule has 1 aliphatic rings. The second kappa shape index (κ2) is 4.28. The van der Waals surface area contributed by atoms with Crippen molar-refractivity contribution in [2.75, 3.05) is 13.1 Å². The van der Waals surface area contributed by atoms with Crippen LogP contribution in [-0.2, 0) is 6.42 Å². The van der Waals surface area contributed by atoms with Gasteiger partial charge >= 0.3 is 0 Å². The zero-order valence-electron chi connectivity index (χ0n) is 10.0. The van der Waals surface area contributed by atoms with Crippen molar-refractivity contribution in [1.29, 1.82) is 0 Å². The summed E-state index contributed by atoms with van der Waals surface area (Å²) in [5.41, 5.74) is 3.90. The van der Waals surface area contributed by atoms with Crippen LogP contribution in [0.25, 0.3) is 0 Å². The average Bonchev–Trinajstić information content (AvgIpc) is 3.05. The van der Waals surface area contributed by atoms with Gasteiger partial charge in [0.2, 0.25) is 0 Å². The quantitative estimate of drug-likeness (QED) is 0.703. The first kappa shape index (κ1) is 11.2. The van der Waals surface area contributed by atoms with Crippen molar-refractivity contribution in [3.63, 3.8) is 0 Å². The lowest BCUT2D eigenvalue weighted by atomic mass is 10.0. The predicted molar refractivity (Wildman–Crippen MR) is 64.9 cm³/mol. The lowest BCUT2D eigenvalue weighted by Gasteiger charge is -2.09. The van der Waals surface area contributed by atoms with Gasteiger partial charge in [0.15, 0.2) is 0 Å². The molecule has 1 aliphatic heterocycles. The Morgan fingerprint density at radius 2 is 1.88 bits per heavy atom. The molecule has 0 bridgehead atoms. The highest BCUT2D eigenvalue weighted by Crippen LogP contribution is 2.20. The Kier molecular flexibility index (Phi) is 2.99. The zero-order valence-corrected chi connectivity index (χ0v) is 10.0. The summed E-state index contributed by atoms with van der Waals surface area (Å²) in [6.45, 7) is 10.0. The van der Waals surface area contributed by atoms with E-state index >= 15 is 0 Å². The van der Waals surface area contributed by atoms with Gasteiger partial charge in [0, 0.05) is 18.8 Å². The van der Waals surface area contributed by atoms with Crippen molar-refractivity contribution in [3.05, 3.63) is 46.9 Å². The van der Waals surface area contributed by atoms with Crippen molar-refractivity contribution in [2.45, 2.75) is 26.7 Å². The van der Waals surface area contributed by atoms with Crippen LogP contribution in [0.3, 0.4) is 0 Å². The van der Waals surface area contributed by atoms with Gasteiger partial charge < -0.3 is 4.90 Å². The summed E-state index contributed by atoms with van der Waals surface area (Å²) >= 11 is 0. The van der Waals surface area contributed by atoms with E-state index < -0.39 is 0 Å². The predicted octanol–water partition coefficient (Wildman–Crippen LogP) is 3.20. The monoisotopic (exact) mass is 219 g/mol. The fourth-order valence-corrected chi connectivity index (χ4v) is 1.99. The molecule has 0 amide bonds. The molecule has 0 radical (unpaired) electrons. The fraction of sp³-hybridized carbons (Fsp3) is 0.429. The van der Waals surface area contributed by atoms with E-state index in [9.17, 15) is 4.39 Å². The lowest BCUT2D eigenvalue weighted by molar-refractivity contribution is 0.607. The fourth-order valence-electron chi connectivity index (χ4n) is 1.99. The molecule has 0 atom stereocenters. The molecule has 1 aromatic rings. The molecule has 1 aromatic carbocycles. The van der Waals surface area contributed by atoms with Gasteiger partial charge in [-0.15, -0.1) is 0 Å². The van der Waals surface area contributed by atoms with Crippen LogP contribution in [0.2, 0.25) is 0 Å². The molecular formula is C14H18FN. The molecule has 0 saturated carbocycles. The molecule has 2 rings (SSSR count). The largest absolute Gasteiger partial charge is 0.372 e. The van der Waals surface area contributed by atoms with E-state index in [1.807, 2.05) is 26.0 Å². The van der Waals surface area contributed by atoms with Gasteiger partial charge in [0.25, 0.3) is 0 Å². The van der Waals surface area contributed by atoms with Crippen molar-refractivity contribution < 1.29 is 4.39 Å². The summed E-state index contributed by atoms with van der Waals surface area (Å²) in [5, 5.41) is 0. The zero-order chi connectivity index (χ0) is 11.7. The first-order valence-electron chi connectivity index (χ1n) is 5.76. The molecule has 0 aromatic heterocycles. The van der Waals surface area contributed by atoms with Crippen molar-refractivity contribution in [3.8, 4) is 0 Å². The van der Waals surface area contributed by atoms with Crippen molar-refractivity contribution >= 4 is 0 Å². The van der Waals surface area contributed by atoms with Crippen LogP contribution >= 0.6 is 0 Å². The number of rotatable bonds is 4. The lowest BCUT2D eigenvalue weighted by Crippen LogP contribution is -1.99. The maximum atomic E-state index is 13.4. The number of halogens is 1. The van der Waals surface area contributed by atoms with Gasteiger partial charge in [-0.1, -0.05) is 18.7 Å². The third-order valence-electron chi connectivity index (χ3n) is 3.09. The van der Waals surface area contributed by atoms with Gasteiger partial charge in [-0.3, -0.25) is 0 Å². The van der Waals surface area contributed by atoms with Gasteiger partial charge in [0.1, 0.15) is 5.82 Å². The minimum absolute atomic E-state index is 0.0754. The average molecular weight is 219 g/mol. The van der Waals surface area contributed by atoms with Gasteiger partial charge in [-0.25, -0.2) is 4.39 Å². The molecule has 0 N–H and O–H groups in total. The number of hydrogen-bond donors (Lipinski definition) is 0. The molecule has 16 heavy (non-hydrogen) atoms. The van der Waals surface area contributed by atoms with Gasteiger partial charge in [0.05, 0.1) is 0 Å². The normalized spacial score (nSPS) is 14.1. The number of allylic oxidation sites excluding steroid dienone is 1. The maximum Gasteiger partial charge on any atom is 0.129 e. The SMILES string of the molecule is C=C(CCc1cc(C)c(F)c(C)c1)N1CC1. The Labute approximate surface area is 96.6 Å². The summed E-state index contributed by atoms with van der Waals surface area (Å²) in [4.78, 5) is 2.27. The first-order chi connectivity index (χ1) is 7.58. The molecule has 0 unspecified atom stereocenters. The van der Waals surface area contributed by atoms with E-state index in [1.165, 1.54) is 11.3 Å². The molecule has 1 nitrogen and oxygen atoms in total. The van der Waals surface area contributed by atoms with Crippen LogP contribution in [0.15, 0.2) is 24.4 Å². The van der Waals surface area contributed by atoms with Crippen LogP contribution in [0.4, 0.5) is 4.39 Å². The highest BCUT2D eigenvalue weighted by Gasteiger charge is 2.18.